The van der Waals surface area contributed by atoms with Gasteiger partial charge in [-0.05, 0) is 89.7 Å². The van der Waals surface area contributed by atoms with Gasteiger partial charge in [-0.15, -0.1) is 11.3 Å². The number of hydrogen-bond donors (Lipinski definition) is 0. The smallest absolute Gasteiger partial charge is 0.338 e. The molecule has 0 unspecified atom stereocenters. The van der Waals surface area contributed by atoms with Gasteiger partial charge in [0, 0.05) is 29.0 Å². The van der Waals surface area contributed by atoms with Crippen molar-refractivity contribution in [1.29, 1.82) is 0 Å². The number of hydrogen-bond acceptors (Lipinski definition) is 4. The van der Waals surface area contributed by atoms with Crippen molar-refractivity contribution in [3.63, 3.8) is 0 Å². The quantitative estimate of drug-likeness (QED) is 0.117. The number of esters is 1. The molecule has 39 heavy (non-hydrogen) atoms. The Hall–Kier alpha value is -3.11. The van der Waals surface area contributed by atoms with Crippen LogP contribution in [0.4, 0.5) is 5.69 Å². The van der Waals surface area contributed by atoms with Crippen molar-refractivity contribution < 1.29 is 9.53 Å². The van der Waals surface area contributed by atoms with Crippen molar-refractivity contribution in [2.75, 3.05) is 25.1 Å². The number of benzene rings is 3. The van der Waals surface area contributed by atoms with Crippen molar-refractivity contribution in [1.82, 2.24) is 0 Å². The Morgan fingerprint density at radius 1 is 0.744 bits per heavy atom. The molecule has 0 amide bonds. The first kappa shape index (κ1) is 28.9. The normalized spacial score (nSPS) is 11.2. The summed E-state index contributed by atoms with van der Waals surface area (Å²) in [7, 11) is 2.21. The molecule has 4 rings (SSSR count). The van der Waals surface area contributed by atoms with Crippen LogP contribution in [0.5, 0.6) is 0 Å². The predicted octanol–water partition coefficient (Wildman–Crippen LogP) is 10.3. The van der Waals surface area contributed by atoms with Crippen LogP contribution in [0, 0.1) is 6.92 Å². The van der Waals surface area contributed by atoms with Gasteiger partial charge in [-0.3, -0.25) is 0 Å². The number of unbranched alkanes of at least 4 members (excludes halogenated alkanes) is 6. The highest BCUT2D eigenvalue weighted by Gasteiger charge is 2.11. The molecule has 3 aromatic carbocycles. The fourth-order valence-corrected chi connectivity index (χ4v) is 6.08. The van der Waals surface area contributed by atoms with Crippen molar-refractivity contribution in [3.05, 3.63) is 77.9 Å². The SMILES string of the molecule is CCCCCCOC(=O)c1ccc2cc(-c3ccc(-c4ccc(N(C)CCCCCC)c(C)c4)s3)ccc2c1. The van der Waals surface area contributed by atoms with Crippen LogP contribution < -0.4 is 4.90 Å². The standard InChI is InChI=1S/C35H43NO2S/c1-5-7-9-11-21-36(4)32-18-17-29(23-26(32)3)33-19-20-34(39-33)30-15-13-28-25-31(16-14-27(28)24-30)35(37)38-22-12-10-8-6-2/h13-20,23-25H,5-12,21-22H2,1-4H3. The van der Waals surface area contributed by atoms with E-state index in [-0.39, 0.29) is 5.97 Å². The van der Waals surface area contributed by atoms with E-state index in [0.29, 0.717) is 12.2 Å². The number of carbonyl (C=O) groups is 1. The number of aryl methyl sites for hydroxylation is 1. The lowest BCUT2D eigenvalue weighted by molar-refractivity contribution is 0.0498. The lowest BCUT2D eigenvalue weighted by Crippen LogP contribution is -2.19. The number of nitrogens with zero attached hydrogens (tertiary/aromatic N) is 1. The molecule has 0 spiro atoms. The topological polar surface area (TPSA) is 29.5 Å². The number of fused-ring (bicyclic) bond motifs is 1. The van der Waals surface area contributed by atoms with E-state index in [2.05, 4.69) is 81.2 Å². The second-order valence-electron chi connectivity index (χ2n) is 10.6. The number of thiophene rings is 1. The van der Waals surface area contributed by atoms with Gasteiger partial charge < -0.3 is 9.64 Å². The van der Waals surface area contributed by atoms with E-state index in [1.54, 1.807) is 0 Å². The van der Waals surface area contributed by atoms with Gasteiger partial charge in [-0.25, -0.2) is 4.79 Å². The third kappa shape index (κ3) is 7.73. The lowest BCUT2D eigenvalue weighted by Gasteiger charge is -2.22. The summed E-state index contributed by atoms with van der Waals surface area (Å²) in [5.41, 5.74) is 5.73. The van der Waals surface area contributed by atoms with Crippen molar-refractivity contribution in [2.45, 2.75) is 72.1 Å². The molecule has 4 heteroatoms. The van der Waals surface area contributed by atoms with Crippen LogP contribution in [0.2, 0.25) is 0 Å². The van der Waals surface area contributed by atoms with Gasteiger partial charge in [0.2, 0.25) is 0 Å². The number of carbonyl (C=O) groups excluding carboxylic acids is 1. The summed E-state index contributed by atoms with van der Waals surface area (Å²) in [5, 5.41) is 2.19. The number of anilines is 1. The molecule has 3 nitrogen and oxygen atoms in total. The zero-order valence-electron chi connectivity index (χ0n) is 24.1. The molecule has 0 aliphatic rings. The molecule has 0 bridgehead atoms. The van der Waals surface area contributed by atoms with Gasteiger partial charge in [0.05, 0.1) is 12.2 Å². The second kappa shape index (κ2) is 14.3. The van der Waals surface area contributed by atoms with Gasteiger partial charge >= 0.3 is 5.97 Å². The minimum Gasteiger partial charge on any atom is -0.462 e. The minimum absolute atomic E-state index is 0.232. The van der Waals surface area contributed by atoms with E-state index in [1.165, 1.54) is 70.7 Å². The molecule has 0 saturated carbocycles. The van der Waals surface area contributed by atoms with Gasteiger partial charge in [-0.1, -0.05) is 76.6 Å². The molecule has 0 atom stereocenters. The first-order chi connectivity index (χ1) is 19.0. The maximum Gasteiger partial charge on any atom is 0.338 e. The van der Waals surface area contributed by atoms with Crippen molar-refractivity contribution >= 4 is 33.8 Å². The summed E-state index contributed by atoms with van der Waals surface area (Å²) >= 11 is 1.82. The fraction of sp³-hybridized carbons (Fsp3) is 0.400. The second-order valence-corrected chi connectivity index (χ2v) is 11.7. The summed E-state index contributed by atoms with van der Waals surface area (Å²) in [4.78, 5) is 17.4. The molecular formula is C35H43NO2S. The van der Waals surface area contributed by atoms with Gasteiger partial charge in [0.25, 0.3) is 0 Å². The van der Waals surface area contributed by atoms with Crippen LogP contribution in [0.25, 0.3) is 31.7 Å². The molecule has 0 fully saturated rings. The number of rotatable bonds is 14. The molecule has 0 aliphatic heterocycles. The highest BCUT2D eigenvalue weighted by atomic mass is 32.1. The third-order valence-electron chi connectivity index (χ3n) is 7.44. The van der Waals surface area contributed by atoms with Crippen LogP contribution in [0.1, 0.15) is 81.1 Å². The summed E-state index contributed by atoms with van der Waals surface area (Å²) in [6.07, 6.45) is 9.54. The Morgan fingerprint density at radius 3 is 2.10 bits per heavy atom. The largest absolute Gasteiger partial charge is 0.462 e. The van der Waals surface area contributed by atoms with E-state index in [9.17, 15) is 4.79 Å². The van der Waals surface area contributed by atoms with Crippen molar-refractivity contribution in [3.8, 4) is 20.9 Å². The van der Waals surface area contributed by atoms with E-state index in [4.69, 9.17) is 4.74 Å². The van der Waals surface area contributed by atoms with E-state index >= 15 is 0 Å². The van der Waals surface area contributed by atoms with E-state index in [1.807, 2.05) is 29.5 Å². The highest BCUT2D eigenvalue weighted by Crippen LogP contribution is 2.37. The van der Waals surface area contributed by atoms with Crippen LogP contribution in [-0.4, -0.2) is 26.2 Å². The van der Waals surface area contributed by atoms with E-state index < -0.39 is 0 Å². The molecule has 0 aliphatic carbocycles. The predicted molar refractivity (Wildman–Crippen MR) is 169 cm³/mol. The zero-order valence-corrected chi connectivity index (χ0v) is 24.9. The van der Waals surface area contributed by atoms with Crippen LogP contribution in [-0.2, 0) is 4.74 Å². The van der Waals surface area contributed by atoms with Gasteiger partial charge in [0.1, 0.15) is 0 Å². The Balaban J connectivity index is 1.43. The molecule has 4 aromatic rings. The van der Waals surface area contributed by atoms with Crippen molar-refractivity contribution in [2.24, 2.45) is 0 Å². The molecule has 0 N–H and O–H groups in total. The molecule has 206 valence electrons. The highest BCUT2D eigenvalue weighted by molar-refractivity contribution is 7.18. The summed E-state index contributed by atoms with van der Waals surface area (Å²) < 4.78 is 5.48. The van der Waals surface area contributed by atoms with Crippen LogP contribution >= 0.6 is 11.3 Å². The Morgan fingerprint density at radius 2 is 1.38 bits per heavy atom. The van der Waals surface area contributed by atoms with E-state index in [0.717, 1.165) is 30.2 Å². The minimum atomic E-state index is -0.232. The summed E-state index contributed by atoms with van der Waals surface area (Å²) in [6.45, 7) is 8.25. The first-order valence-electron chi connectivity index (χ1n) is 14.6. The Kier molecular flexibility index (Phi) is 10.6. The molecular weight excluding hydrogens is 498 g/mol. The van der Waals surface area contributed by atoms with Crippen LogP contribution in [0.3, 0.4) is 0 Å². The Bertz CT molecular complexity index is 1370. The average molecular weight is 542 g/mol. The molecule has 1 aromatic heterocycles. The lowest BCUT2D eigenvalue weighted by atomic mass is 10.0. The van der Waals surface area contributed by atoms with Gasteiger partial charge in [-0.2, -0.15) is 0 Å². The third-order valence-corrected chi connectivity index (χ3v) is 8.62. The zero-order chi connectivity index (χ0) is 27.6. The molecule has 1 heterocycles. The summed E-state index contributed by atoms with van der Waals surface area (Å²) in [5.74, 6) is -0.232. The number of ether oxygens (including phenoxy) is 1. The Labute approximate surface area is 238 Å². The van der Waals surface area contributed by atoms with Gasteiger partial charge in [0.15, 0.2) is 0 Å². The maximum absolute atomic E-state index is 12.5. The molecule has 0 radical (unpaired) electrons. The fourth-order valence-electron chi connectivity index (χ4n) is 5.08. The average Bonchev–Trinajstić information content (AvgIpc) is 3.45. The molecule has 0 saturated heterocycles. The maximum atomic E-state index is 12.5. The first-order valence-corrected chi connectivity index (χ1v) is 15.4. The summed E-state index contributed by atoms with van der Waals surface area (Å²) in [6, 6.07) is 23.6. The monoisotopic (exact) mass is 541 g/mol. The van der Waals surface area contributed by atoms with Crippen LogP contribution in [0.15, 0.2) is 66.7 Å².